The van der Waals surface area contributed by atoms with Crippen LogP contribution in [0.15, 0.2) is 52.2 Å². The maximum Gasteiger partial charge on any atom is 0.459 e. The molecule has 1 aliphatic heterocycles. The van der Waals surface area contributed by atoms with E-state index in [0.29, 0.717) is 0 Å². The van der Waals surface area contributed by atoms with Crippen LogP contribution in [0.1, 0.15) is 47.8 Å². The van der Waals surface area contributed by atoms with E-state index in [1.165, 1.54) is 13.1 Å². The first-order valence-electron chi connectivity index (χ1n) is 12.6. The molecule has 0 bridgehead atoms. The molecule has 0 aliphatic carbocycles. The van der Waals surface area contributed by atoms with Gasteiger partial charge in [0, 0.05) is 18.2 Å². The van der Waals surface area contributed by atoms with E-state index in [0.717, 1.165) is 10.6 Å². The molecule has 2 aromatic rings. The second kappa shape index (κ2) is 16.6. The van der Waals surface area contributed by atoms with E-state index in [9.17, 15) is 24.1 Å². The average Bonchev–Trinajstić information content (AvgIpc) is 3.18. The summed E-state index contributed by atoms with van der Waals surface area (Å²) in [5.74, 6) is -0.981. The van der Waals surface area contributed by atoms with E-state index in [4.69, 9.17) is 18.5 Å². The first-order chi connectivity index (χ1) is 18.5. The summed E-state index contributed by atoms with van der Waals surface area (Å²) in [4.78, 5) is 37.9. The third-order valence-corrected chi connectivity index (χ3v) is 6.89. The molecule has 1 saturated heterocycles. The van der Waals surface area contributed by atoms with Gasteiger partial charge in [-0.1, -0.05) is 39.0 Å². The van der Waals surface area contributed by atoms with Crippen molar-refractivity contribution in [2.24, 2.45) is 5.92 Å². The number of aliphatic hydroxyl groups is 1. The van der Waals surface area contributed by atoms with Gasteiger partial charge in [0.15, 0.2) is 0 Å². The van der Waals surface area contributed by atoms with Crippen LogP contribution in [0.25, 0.3) is 0 Å². The van der Waals surface area contributed by atoms with Crippen molar-refractivity contribution in [3.8, 4) is 5.75 Å². The molecule has 1 aromatic carbocycles. The minimum absolute atomic E-state index is 0.228. The topological polar surface area (TPSA) is 158 Å². The number of benzene rings is 1. The molecule has 1 aromatic heterocycles. The number of aromatic nitrogens is 2. The predicted molar refractivity (Wildman–Crippen MR) is 151 cm³/mol. The van der Waals surface area contributed by atoms with Crippen molar-refractivity contribution < 1.29 is 33.0 Å². The average molecular weight is 590 g/mol. The van der Waals surface area contributed by atoms with Crippen LogP contribution < -0.4 is 20.9 Å². The minimum Gasteiger partial charge on any atom is -0.462 e. The van der Waals surface area contributed by atoms with Crippen LogP contribution in [0, 0.1) is 5.92 Å². The van der Waals surface area contributed by atoms with Crippen LogP contribution in [0.2, 0.25) is 0 Å². The van der Waals surface area contributed by atoms with Gasteiger partial charge in [-0.2, -0.15) is 17.7 Å². The van der Waals surface area contributed by atoms with Crippen molar-refractivity contribution >= 4 is 26.3 Å². The molecule has 39 heavy (non-hydrogen) atoms. The summed E-state index contributed by atoms with van der Waals surface area (Å²) in [6.45, 7) is 10.1. The third kappa shape index (κ3) is 10.3. The van der Waals surface area contributed by atoms with E-state index in [1.807, 2.05) is 13.8 Å². The third-order valence-electron chi connectivity index (χ3n) is 5.24. The lowest BCUT2D eigenvalue weighted by Crippen LogP contribution is -2.37. The number of aliphatic hydroxyl groups excluding tert-OH is 1. The number of aromatic amines is 1. The van der Waals surface area contributed by atoms with Gasteiger partial charge in [0.05, 0.1) is 18.8 Å². The van der Waals surface area contributed by atoms with Gasteiger partial charge in [0.25, 0.3) is 5.56 Å². The highest BCUT2D eigenvalue weighted by atomic mass is 32.1. The van der Waals surface area contributed by atoms with Gasteiger partial charge in [-0.05, 0) is 39.2 Å². The molecule has 3 N–H and O–H groups in total. The molecule has 6 atom stereocenters. The highest BCUT2D eigenvalue weighted by Gasteiger charge is 2.44. The fraction of sp³-hybridized carbons (Fsp3) is 0.560. The molecule has 0 saturated carbocycles. The van der Waals surface area contributed by atoms with Gasteiger partial charge in [-0.3, -0.25) is 23.7 Å². The van der Waals surface area contributed by atoms with Gasteiger partial charge in [-0.15, -0.1) is 0 Å². The van der Waals surface area contributed by atoms with Crippen LogP contribution in [-0.4, -0.2) is 57.8 Å². The molecule has 1 fully saturated rings. The second-order valence-electron chi connectivity index (χ2n) is 8.47. The summed E-state index contributed by atoms with van der Waals surface area (Å²) in [6, 6.07) is 8.36. The standard InChI is InChI=1S/C22H30N3O9P.C2H6.CH4S/c1-13(2)32-21(28)15(4)24-35(30,34-16-8-6-5-7-9-16)31-12-17-19(27)14(3)20(33-17)25-11-10-18(26)23-22(25)29;2*1-2/h5-11,13-15,17,19-20,27H,12H2,1-4H3,(H,24,30)(H,23,26,29);1-2H3;2H,1H3/t14-,15-,17+,19-,20?,35-;;/m0../s1. The molecule has 3 rings (SSSR count). The zero-order valence-corrected chi connectivity index (χ0v) is 25.1. The molecular weight excluding hydrogens is 549 g/mol. The molecule has 2 heterocycles. The second-order valence-corrected chi connectivity index (χ2v) is 10.2. The first-order valence-corrected chi connectivity index (χ1v) is 15.0. The van der Waals surface area contributed by atoms with Gasteiger partial charge in [-0.25, -0.2) is 9.36 Å². The number of thiol groups is 1. The van der Waals surface area contributed by atoms with Crippen molar-refractivity contribution in [1.82, 2.24) is 14.6 Å². The molecule has 14 heteroatoms. The SMILES string of the molecule is CC.CC(C)OC(=O)[C@H](C)N[P@](=O)(OC[C@H]1OC(n2ccc(=O)[nH]c2=O)[C@@H](C)[C@@H]1O)Oc1ccccc1.CS. The lowest BCUT2D eigenvalue weighted by Gasteiger charge is -2.25. The van der Waals surface area contributed by atoms with E-state index in [-0.39, 0.29) is 18.5 Å². The number of nitrogens with one attached hydrogen (secondary N) is 2. The van der Waals surface area contributed by atoms with Crippen molar-refractivity contribution in [3.05, 3.63) is 63.4 Å². The number of carbonyl (C=O) groups is 1. The fourth-order valence-electron chi connectivity index (χ4n) is 3.48. The van der Waals surface area contributed by atoms with Crippen LogP contribution in [0.4, 0.5) is 0 Å². The fourth-order valence-corrected chi connectivity index (χ4v) is 4.98. The van der Waals surface area contributed by atoms with Crippen molar-refractivity contribution in [3.63, 3.8) is 0 Å². The Morgan fingerprint density at radius 2 is 1.79 bits per heavy atom. The Labute approximate surface area is 234 Å². The van der Waals surface area contributed by atoms with Crippen molar-refractivity contribution in [2.45, 2.75) is 72.1 Å². The summed E-state index contributed by atoms with van der Waals surface area (Å²) in [5, 5.41) is 13.2. The van der Waals surface area contributed by atoms with E-state index < -0.39 is 55.4 Å². The van der Waals surface area contributed by atoms with Crippen LogP contribution >= 0.6 is 20.4 Å². The zero-order chi connectivity index (χ0) is 29.8. The van der Waals surface area contributed by atoms with Gasteiger partial charge in [0.2, 0.25) is 0 Å². The number of rotatable bonds is 10. The predicted octanol–water partition coefficient (Wildman–Crippen LogP) is 3.14. The minimum atomic E-state index is -4.16. The van der Waals surface area contributed by atoms with E-state index in [2.05, 4.69) is 22.7 Å². The number of nitrogens with zero attached hydrogens (tertiary/aromatic N) is 1. The maximum absolute atomic E-state index is 13.6. The highest BCUT2D eigenvalue weighted by molar-refractivity contribution is 7.79. The maximum atomic E-state index is 13.6. The quantitative estimate of drug-likeness (QED) is 0.184. The largest absolute Gasteiger partial charge is 0.462 e. The molecule has 1 unspecified atom stereocenters. The molecule has 1 aliphatic rings. The normalized spacial score (nSPS) is 22.4. The van der Waals surface area contributed by atoms with Gasteiger partial charge >= 0.3 is 19.4 Å². The van der Waals surface area contributed by atoms with Crippen LogP contribution in [0.3, 0.4) is 0 Å². The number of H-pyrrole nitrogens is 1. The molecule has 0 spiro atoms. The number of esters is 1. The Balaban J connectivity index is 0.00000181. The monoisotopic (exact) mass is 589 g/mol. The highest BCUT2D eigenvalue weighted by Crippen LogP contribution is 2.46. The Hall–Kier alpha value is -2.41. The summed E-state index contributed by atoms with van der Waals surface area (Å²) >= 11 is 3.53. The Morgan fingerprint density at radius 3 is 2.36 bits per heavy atom. The summed E-state index contributed by atoms with van der Waals surface area (Å²) in [5.41, 5.74) is -1.26. The number of hydrogen-bond donors (Lipinski definition) is 4. The van der Waals surface area contributed by atoms with Gasteiger partial charge < -0.3 is 19.1 Å². The van der Waals surface area contributed by atoms with E-state index in [1.54, 1.807) is 57.4 Å². The van der Waals surface area contributed by atoms with Crippen LogP contribution in [0.5, 0.6) is 5.75 Å². The first kappa shape index (κ1) is 34.6. The van der Waals surface area contributed by atoms with E-state index >= 15 is 0 Å². The van der Waals surface area contributed by atoms with Crippen molar-refractivity contribution in [1.29, 1.82) is 0 Å². The van der Waals surface area contributed by atoms with Gasteiger partial charge in [0.1, 0.15) is 24.1 Å². The summed E-state index contributed by atoms with van der Waals surface area (Å²) < 4.78 is 36.8. The number of hydrogen-bond acceptors (Lipinski definition) is 10. The smallest absolute Gasteiger partial charge is 0.459 e. The number of para-hydroxylation sites is 1. The number of ether oxygens (including phenoxy) is 2. The Morgan fingerprint density at radius 1 is 1.18 bits per heavy atom. The molecule has 0 radical (unpaired) electrons. The molecule has 0 amide bonds. The molecule has 220 valence electrons. The lowest BCUT2D eigenvalue weighted by molar-refractivity contribution is -0.149. The Bertz CT molecular complexity index is 1180. The van der Waals surface area contributed by atoms with Crippen molar-refractivity contribution in [2.75, 3.05) is 12.9 Å². The Kier molecular flexibility index (Phi) is 14.8. The lowest BCUT2D eigenvalue weighted by atomic mass is 10.0. The summed E-state index contributed by atoms with van der Waals surface area (Å²) in [7, 11) is -4.16. The zero-order valence-electron chi connectivity index (χ0n) is 23.3. The number of carbonyl (C=O) groups excluding carboxylic acids is 1. The van der Waals surface area contributed by atoms with Crippen LogP contribution in [-0.2, 0) is 23.4 Å². The summed E-state index contributed by atoms with van der Waals surface area (Å²) in [6.07, 6.45) is -0.386. The molecule has 12 nitrogen and oxygen atoms in total. The molecular formula is C25H40N3O9PS.